The minimum atomic E-state index is -0.236. The monoisotopic (exact) mass is 348 g/mol. The molecule has 2 aromatic heterocycles. The highest BCUT2D eigenvalue weighted by Crippen LogP contribution is 2.21. The van der Waals surface area contributed by atoms with Gasteiger partial charge in [-0.05, 0) is 27.7 Å². The third-order valence-corrected chi connectivity index (χ3v) is 4.60. The van der Waals surface area contributed by atoms with Crippen molar-refractivity contribution in [2.45, 2.75) is 39.8 Å². The van der Waals surface area contributed by atoms with Crippen LogP contribution in [0.4, 0.5) is 5.82 Å². The number of hydrogen-bond donors (Lipinski definition) is 1. The Morgan fingerprint density at radius 3 is 2.36 bits per heavy atom. The van der Waals surface area contributed by atoms with Crippen LogP contribution in [0.1, 0.15) is 37.4 Å². The molecule has 0 aliphatic carbocycles. The molecule has 0 saturated carbocycles. The molecular weight excluding hydrogens is 324 g/mol. The van der Waals surface area contributed by atoms with Gasteiger partial charge in [-0.2, -0.15) is 4.98 Å². The van der Waals surface area contributed by atoms with Gasteiger partial charge in [0.1, 0.15) is 5.76 Å². The third-order valence-electron chi connectivity index (χ3n) is 4.60. The van der Waals surface area contributed by atoms with E-state index in [0.717, 1.165) is 26.2 Å². The van der Waals surface area contributed by atoms with Crippen molar-refractivity contribution in [1.82, 2.24) is 25.1 Å². The summed E-state index contributed by atoms with van der Waals surface area (Å²) < 4.78 is 10.2. The lowest BCUT2D eigenvalue weighted by atomic mass is 10.2. The lowest BCUT2D eigenvalue weighted by Crippen LogP contribution is -2.53. The molecule has 0 unspecified atom stereocenters. The molecule has 1 saturated heterocycles. The minimum absolute atomic E-state index is 0.0746. The predicted octanol–water partition coefficient (Wildman–Crippen LogP) is 1.38. The maximum Gasteiger partial charge on any atom is 0.243 e. The van der Waals surface area contributed by atoms with Crippen LogP contribution in [0.5, 0.6) is 0 Å². The second-order valence-electron chi connectivity index (χ2n) is 6.42. The van der Waals surface area contributed by atoms with E-state index < -0.39 is 0 Å². The van der Waals surface area contributed by atoms with Crippen molar-refractivity contribution in [3.8, 4) is 0 Å². The standard InChI is InChI=1S/C16H24N6O3/c1-10-9-14(20-24-10)18-15(23)11(2)21-5-7-22(8-6-21)12(3)16-17-13(4)19-25-16/h9,11-12H,5-8H2,1-4H3,(H,18,20,23)/t11-,12-/m0/s1. The Morgan fingerprint density at radius 1 is 1.12 bits per heavy atom. The summed E-state index contributed by atoms with van der Waals surface area (Å²) in [5, 5.41) is 10.4. The molecule has 0 bridgehead atoms. The van der Waals surface area contributed by atoms with Crippen molar-refractivity contribution in [3.63, 3.8) is 0 Å². The molecule has 25 heavy (non-hydrogen) atoms. The summed E-state index contributed by atoms with van der Waals surface area (Å²) in [6, 6.07) is 1.54. The summed E-state index contributed by atoms with van der Waals surface area (Å²) in [6.45, 7) is 10.8. The number of carbonyl (C=O) groups is 1. The lowest BCUT2D eigenvalue weighted by molar-refractivity contribution is -0.121. The average molecular weight is 348 g/mol. The molecule has 2 atom stereocenters. The number of aryl methyl sites for hydroxylation is 2. The van der Waals surface area contributed by atoms with Crippen molar-refractivity contribution >= 4 is 11.7 Å². The fraction of sp³-hybridized carbons (Fsp3) is 0.625. The molecule has 3 heterocycles. The van der Waals surface area contributed by atoms with E-state index in [0.29, 0.717) is 23.3 Å². The van der Waals surface area contributed by atoms with Gasteiger partial charge in [0.05, 0.1) is 12.1 Å². The maximum atomic E-state index is 12.4. The fourth-order valence-corrected chi connectivity index (χ4v) is 2.97. The Balaban J connectivity index is 1.51. The first-order chi connectivity index (χ1) is 11.9. The van der Waals surface area contributed by atoms with Gasteiger partial charge in [0, 0.05) is 32.2 Å². The minimum Gasteiger partial charge on any atom is -0.360 e. The van der Waals surface area contributed by atoms with Crippen LogP contribution in [0, 0.1) is 13.8 Å². The molecule has 9 nitrogen and oxygen atoms in total. The summed E-state index contributed by atoms with van der Waals surface area (Å²) in [5.74, 6) is 2.32. The number of rotatable bonds is 5. The van der Waals surface area contributed by atoms with E-state index in [-0.39, 0.29) is 18.0 Å². The molecule has 1 aliphatic heterocycles. The summed E-state index contributed by atoms with van der Waals surface area (Å²) in [4.78, 5) is 21.1. The second kappa shape index (κ2) is 7.32. The number of hydrogen-bond acceptors (Lipinski definition) is 8. The quantitative estimate of drug-likeness (QED) is 0.865. The van der Waals surface area contributed by atoms with Crippen LogP contribution in [0.3, 0.4) is 0 Å². The molecule has 3 rings (SSSR count). The molecule has 136 valence electrons. The van der Waals surface area contributed by atoms with E-state index in [2.05, 4.69) is 37.3 Å². The van der Waals surface area contributed by atoms with Crippen molar-refractivity contribution in [2.75, 3.05) is 31.5 Å². The SMILES string of the molecule is Cc1noc([C@H](C)N2CCN([C@@H](C)C(=O)Nc3cc(C)on3)CC2)n1. The highest BCUT2D eigenvalue weighted by Gasteiger charge is 2.29. The first-order valence-corrected chi connectivity index (χ1v) is 8.46. The van der Waals surface area contributed by atoms with Crippen LogP contribution in [0.15, 0.2) is 15.1 Å². The number of anilines is 1. The van der Waals surface area contributed by atoms with E-state index in [1.807, 2.05) is 13.8 Å². The van der Waals surface area contributed by atoms with Gasteiger partial charge in [-0.15, -0.1) is 0 Å². The highest BCUT2D eigenvalue weighted by molar-refractivity contribution is 5.93. The zero-order chi connectivity index (χ0) is 18.0. The largest absolute Gasteiger partial charge is 0.360 e. The van der Waals surface area contributed by atoms with Gasteiger partial charge in [-0.25, -0.2) is 0 Å². The van der Waals surface area contributed by atoms with Gasteiger partial charge in [0.25, 0.3) is 0 Å². The molecule has 1 N–H and O–H groups in total. The lowest BCUT2D eigenvalue weighted by Gasteiger charge is -2.38. The van der Waals surface area contributed by atoms with Crippen LogP contribution in [0.25, 0.3) is 0 Å². The first kappa shape index (κ1) is 17.6. The Labute approximate surface area is 146 Å². The van der Waals surface area contributed by atoms with Crippen molar-refractivity contribution in [2.24, 2.45) is 0 Å². The zero-order valence-corrected chi connectivity index (χ0v) is 15.0. The smallest absolute Gasteiger partial charge is 0.243 e. The van der Waals surface area contributed by atoms with Crippen LogP contribution in [-0.4, -0.2) is 63.2 Å². The Morgan fingerprint density at radius 2 is 1.80 bits per heavy atom. The van der Waals surface area contributed by atoms with E-state index in [4.69, 9.17) is 9.05 Å². The summed E-state index contributed by atoms with van der Waals surface area (Å²) in [6.07, 6.45) is 0. The number of nitrogens with one attached hydrogen (secondary N) is 1. The first-order valence-electron chi connectivity index (χ1n) is 8.46. The number of aromatic nitrogens is 3. The molecule has 0 spiro atoms. The van der Waals surface area contributed by atoms with Crippen molar-refractivity contribution < 1.29 is 13.8 Å². The normalized spacial score (nSPS) is 18.9. The number of amides is 1. The molecule has 2 aromatic rings. The molecule has 1 amide bonds. The fourth-order valence-electron chi connectivity index (χ4n) is 2.97. The number of piperazine rings is 1. The van der Waals surface area contributed by atoms with Crippen LogP contribution < -0.4 is 5.32 Å². The zero-order valence-electron chi connectivity index (χ0n) is 15.0. The van der Waals surface area contributed by atoms with Crippen molar-refractivity contribution in [1.29, 1.82) is 0 Å². The summed E-state index contributed by atoms with van der Waals surface area (Å²) >= 11 is 0. The Kier molecular flexibility index (Phi) is 5.14. The predicted molar refractivity (Wildman–Crippen MR) is 89.9 cm³/mol. The van der Waals surface area contributed by atoms with Gasteiger partial charge < -0.3 is 14.4 Å². The van der Waals surface area contributed by atoms with Crippen molar-refractivity contribution in [3.05, 3.63) is 23.5 Å². The summed E-state index contributed by atoms with van der Waals surface area (Å²) in [5.41, 5.74) is 0. The molecule has 0 radical (unpaired) electrons. The third kappa shape index (κ3) is 4.05. The highest BCUT2D eigenvalue weighted by atomic mass is 16.5. The van der Waals surface area contributed by atoms with Crippen LogP contribution in [-0.2, 0) is 4.79 Å². The van der Waals surface area contributed by atoms with Gasteiger partial charge >= 0.3 is 0 Å². The maximum absolute atomic E-state index is 12.4. The summed E-state index contributed by atoms with van der Waals surface area (Å²) in [7, 11) is 0. The Bertz CT molecular complexity index is 719. The Hall–Kier alpha value is -2.26. The number of nitrogens with zero attached hydrogens (tertiary/aromatic N) is 5. The van der Waals surface area contributed by atoms with Crippen LogP contribution >= 0.6 is 0 Å². The molecular formula is C16H24N6O3. The molecule has 9 heteroatoms. The van der Waals surface area contributed by atoms with E-state index in [1.54, 1.807) is 13.0 Å². The van der Waals surface area contributed by atoms with E-state index in [9.17, 15) is 4.79 Å². The van der Waals surface area contributed by atoms with Gasteiger partial charge in [-0.3, -0.25) is 14.6 Å². The second-order valence-corrected chi connectivity index (χ2v) is 6.42. The molecule has 0 aromatic carbocycles. The topological polar surface area (TPSA) is 101 Å². The van der Waals surface area contributed by atoms with E-state index >= 15 is 0 Å². The molecule has 1 fully saturated rings. The van der Waals surface area contributed by atoms with Gasteiger partial charge in [-0.1, -0.05) is 10.3 Å². The van der Waals surface area contributed by atoms with Gasteiger partial charge in [0.2, 0.25) is 11.8 Å². The molecule has 1 aliphatic rings. The van der Waals surface area contributed by atoms with Crippen LogP contribution in [0.2, 0.25) is 0 Å². The van der Waals surface area contributed by atoms with Gasteiger partial charge in [0.15, 0.2) is 11.6 Å². The number of carbonyl (C=O) groups excluding carboxylic acids is 1. The van der Waals surface area contributed by atoms with E-state index in [1.165, 1.54) is 0 Å². The average Bonchev–Trinajstić information content (AvgIpc) is 3.22.